The van der Waals surface area contributed by atoms with Gasteiger partial charge in [-0.1, -0.05) is 19.9 Å². The number of esters is 1. The van der Waals surface area contributed by atoms with Crippen LogP contribution in [0.15, 0.2) is 12.7 Å². The van der Waals surface area contributed by atoms with Gasteiger partial charge in [-0.05, 0) is 25.2 Å². The molecule has 0 saturated carbocycles. The third-order valence-electron chi connectivity index (χ3n) is 2.36. The van der Waals surface area contributed by atoms with E-state index in [2.05, 4.69) is 11.3 Å². The number of carbonyl (C=O) groups excluding carboxylic acids is 1. The molecule has 0 spiro atoms. The highest BCUT2D eigenvalue weighted by molar-refractivity contribution is 5.72. The predicted octanol–water partition coefficient (Wildman–Crippen LogP) is 2.15. The van der Waals surface area contributed by atoms with Gasteiger partial charge in [-0.25, -0.2) is 0 Å². The highest BCUT2D eigenvalue weighted by atomic mass is 16.5. The van der Waals surface area contributed by atoms with Crippen LogP contribution >= 0.6 is 0 Å². The molecule has 0 amide bonds. The molecule has 0 bridgehead atoms. The van der Waals surface area contributed by atoms with Crippen molar-refractivity contribution in [1.29, 1.82) is 0 Å². The smallest absolute Gasteiger partial charge is 0.311 e. The van der Waals surface area contributed by atoms with Crippen molar-refractivity contribution in [2.45, 2.75) is 39.2 Å². The lowest BCUT2D eigenvalue weighted by Crippen LogP contribution is -2.30. The number of hydrogen-bond acceptors (Lipinski definition) is 3. The van der Waals surface area contributed by atoms with E-state index < -0.39 is 12.0 Å². The van der Waals surface area contributed by atoms with Crippen LogP contribution in [0.5, 0.6) is 0 Å². The maximum atomic E-state index is 11.4. The first-order valence-corrected chi connectivity index (χ1v) is 5.39. The van der Waals surface area contributed by atoms with Crippen molar-refractivity contribution in [3.63, 3.8) is 0 Å². The quantitative estimate of drug-likeness (QED) is 0.522. The van der Waals surface area contributed by atoms with Crippen molar-refractivity contribution < 1.29 is 14.6 Å². The molecule has 0 saturated heterocycles. The van der Waals surface area contributed by atoms with E-state index in [0.29, 0.717) is 25.2 Å². The molecule has 2 atom stereocenters. The van der Waals surface area contributed by atoms with Gasteiger partial charge in [0, 0.05) is 0 Å². The van der Waals surface area contributed by atoms with Crippen LogP contribution in [0, 0.1) is 11.8 Å². The summed E-state index contributed by atoms with van der Waals surface area (Å²) in [4.78, 5) is 11.4. The van der Waals surface area contributed by atoms with E-state index in [9.17, 15) is 9.90 Å². The summed E-state index contributed by atoms with van der Waals surface area (Å²) in [5, 5.41) is 9.84. The molecule has 0 aromatic rings. The summed E-state index contributed by atoms with van der Waals surface area (Å²) in [6.45, 7) is 7.64. The molecule has 15 heavy (non-hydrogen) atoms. The second kappa shape index (κ2) is 7.46. The number of methoxy groups -OCH3 is 1. The zero-order valence-corrected chi connectivity index (χ0v) is 9.90. The Kier molecular flexibility index (Phi) is 7.05. The highest BCUT2D eigenvalue weighted by Crippen LogP contribution is 2.20. The summed E-state index contributed by atoms with van der Waals surface area (Å²) in [5.41, 5.74) is 0. The first kappa shape index (κ1) is 14.2. The average Bonchev–Trinajstić information content (AvgIpc) is 2.21. The Morgan fingerprint density at radius 2 is 2.13 bits per heavy atom. The van der Waals surface area contributed by atoms with Gasteiger partial charge in [0.05, 0.1) is 19.1 Å². The van der Waals surface area contributed by atoms with Gasteiger partial charge < -0.3 is 9.84 Å². The third-order valence-corrected chi connectivity index (χ3v) is 2.36. The van der Waals surface area contributed by atoms with Gasteiger partial charge in [0.25, 0.3) is 0 Å². The van der Waals surface area contributed by atoms with E-state index >= 15 is 0 Å². The van der Waals surface area contributed by atoms with Gasteiger partial charge in [0.15, 0.2) is 0 Å². The maximum absolute atomic E-state index is 11.4. The second-order valence-electron chi connectivity index (χ2n) is 4.19. The SMILES string of the molecule is C=CCCC(O)C(CC(C)C)C(=O)OC. The van der Waals surface area contributed by atoms with Crippen molar-refractivity contribution in [1.82, 2.24) is 0 Å². The fourth-order valence-electron chi connectivity index (χ4n) is 1.56. The van der Waals surface area contributed by atoms with Crippen molar-refractivity contribution in [2.75, 3.05) is 7.11 Å². The summed E-state index contributed by atoms with van der Waals surface area (Å²) in [5.74, 6) is -0.359. The molecule has 0 aliphatic carbocycles. The fourth-order valence-corrected chi connectivity index (χ4v) is 1.56. The normalized spacial score (nSPS) is 14.7. The van der Waals surface area contributed by atoms with E-state index in [4.69, 9.17) is 0 Å². The minimum atomic E-state index is -0.627. The van der Waals surface area contributed by atoms with Gasteiger partial charge in [-0.15, -0.1) is 6.58 Å². The lowest BCUT2D eigenvalue weighted by molar-refractivity contribution is -0.150. The average molecular weight is 214 g/mol. The van der Waals surface area contributed by atoms with E-state index in [0.717, 1.165) is 0 Å². The Morgan fingerprint density at radius 1 is 1.53 bits per heavy atom. The number of hydrogen-bond donors (Lipinski definition) is 1. The molecular formula is C12H22O3. The summed E-state index contributed by atoms with van der Waals surface area (Å²) in [7, 11) is 1.36. The molecule has 0 aromatic carbocycles. The van der Waals surface area contributed by atoms with Gasteiger partial charge in [0.1, 0.15) is 0 Å². The molecule has 2 unspecified atom stereocenters. The van der Waals surface area contributed by atoms with Crippen LogP contribution in [0.2, 0.25) is 0 Å². The Hall–Kier alpha value is -0.830. The molecule has 0 heterocycles. The van der Waals surface area contributed by atoms with Gasteiger partial charge >= 0.3 is 5.97 Å². The van der Waals surface area contributed by atoms with Gasteiger partial charge in [-0.2, -0.15) is 0 Å². The number of rotatable bonds is 7. The molecule has 88 valence electrons. The first-order chi connectivity index (χ1) is 7.02. The Labute approximate surface area is 92.1 Å². The second-order valence-corrected chi connectivity index (χ2v) is 4.19. The molecule has 3 nitrogen and oxygen atoms in total. The lowest BCUT2D eigenvalue weighted by atomic mass is 9.90. The van der Waals surface area contributed by atoms with Crippen LogP contribution in [0.1, 0.15) is 33.1 Å². The number of aliphatic hydroxyl groups is 1. The molecule has 0 fully saturated rings. The Balaban J connectivity index is 4.32. The summed E-state index contributed by atoms with van der Waals surface area (Å²) < 4.78 is 4.69. The molecule has 0 aliphatic rings. The molecular weight excluding hydrogens is 192 g/mol. The molecule has 3 heteroatoms. The van der Waals surface area contributed by atoms with E-state index in [1.807, 2.05) is 13.8 Å². The minimum absolute atomic E-state index is 0.319. The lowest BCUT2D eigenvalue weighted by Gasteiger charge is -2.21. The van der Waals surface area contributed by atoms with Crippen molar-refractivity contribution in [2.24, 2.45) is 11.8 Å². The van der Waals surface area contributed by atoms with Gasteiger partial charge in [-0.3, -0.25) is 4.79 Å². The first-order valence-electron chi connectivity index (χ1n) is 5.39. The molecule has 0 aliphatic heterocycles. The van der Waals surface area contributed by atoms with Crippen LogP contribution in [-0.4, -0.2) is 24.3 Å². The van der Waals surface area contributed by atoms with E-state index in [1.54, 1.807) is 6.08 Å². The zero-order chi connectivity index (χ0) is 11.8. The van der Waals surface area contributed by atoms with Crippen molar-refractivity contribution >= 4 is 5.97 Å². The highest BCUT2D eigenvalue weighted by Gasteiger charge is 2.27. The van der Waals surface area contributed by atoms with Crippen LogP contribution in [0.25, 0.3) is 0 Å². The number of ether oxygens (including phenoxy) is 1. The number of allylic oxidation sites excluding steroid dienone is 1. The van der Waals surface area contributed by atoms with Gasteiger partial charge in [0.2, 0.25) is 0 Å². The summed E-state index contributed by atoms with van der Waals surface area (Å²) >= 11 is 0. The summed E-state index contributed by atoms with van der Waals surface area (Å²) in [6, 6.07) is 0. The van der Waals surface area contributed by atoms with Crippen LogP contribution in [0.4, 0.5) is 0 Å². The van der Waals surface area contributed by atoms with Crippen molar-refractivity contribution in [3.05, 3.63) is 12.7 Å². The van der Waals surface area contributed by atoms with Crippen molar-refractivity contribution in [3.8, 4) is 0 Å². The molecule has 0 radical (unpaired) electrons. The minimum Gasteiger partial charge on any atom is -0.469 e. The third kappa shape index (κ3) is 5.57. The standard InChI is InChI=1S/C12H22O3/c1-5-6-7-11(13)10(8-9(2)3)12(14)15-4/h5,9-11,13H,1,6-8H2,2-4H3. The fraction of sp³-hybridized carbons (Fsp3) is 0.750. The topological polar surface area (TPSA) is 46.5 Å². The molecule has 1 N–H and O–H groups in total. The number of aliphatic hydroxyl groups excluding tert-OH is 1. The molecule has 0 rings (SSSR count). The summed E-state index contributed by atoms with van der Waals surface area (Å²) in [6.07, 6.45) is 3.05. The molecule has 0 aromatic heterocycles. The van der Waals surface area contributed by atoms with Crippen LogP contribution in [0.3, 0.4) is 0 Å². The Bertz CT molecular complexity index is 199. The Morgan fingerprint density at radius 3 is 2.53 bits per heavy atom. The van der Waals surface area contributed by atoms with Crippen LogP contribution in [-0.2, 0) is 9.53 Å². The monoisotopic (exact) mass is 214 g/mol. The van der Waals surface area contributed by atoms with E-state index in [1.165, 1.54) is 7.11 Å². The number of carbonyl (C=O) groups is 1. The van der Waals surface area contributed by atoms with Crippen LogP contribution < -0.4 is 0 Å². The maximum Gasteiger partial charge on any atom is 0.311 e. The largest absolute Gasteiger partial charge is 0.469 e. The zero-order valence-electron chi connectivity index (χ0n) is 9.90. The van der Waals surface area contributed by atoms with E-state index in [-0.39, 0.29) is 5.97 Å². The predicted molar refractivity (Wildman–Crippen MR) is 60.4 cm³/mol.